The monoisotopic (exact) mass is 598 g/mol. The molecule has 2 spiro atoms. The summed E-state index contributed by atoms with van der Waals surface area (Å²) in [5.41, 5.74) is 6.98. The molecule has 2 N–H and O–H groups in total. The minimum absolute atomic E-state index is 0. The van der Waals surface area contributed by atoms with Gasteiger partial charge in [-0.1, -0.05) is 20.8 Å². The molecular weight excluding hydrogens is 540 g/mol. The van der Waals surface area contributed by atoms with Crippen LogP contribution < -0.4 is 5.73 Å². The number of ether oxygens (including phenoxy) is 3. The number of carbonyl (C=O) groups is 2. The first-order valence-corrected chi connectivity index (χ1v) is 18.0. The Morgan fingerprint density at radius 2 is 1.77 bits per heavy atom. The van der Waals surface area contributed by atoms with E-state index >= 15 is 0 Å². The molecule has 0 aromatic carbocycles. The average molecular weight is 599 g/mol. The quantitative estimate of drug-likeness (QED) is 0.384. The van der Waals surface area contributed by atoms with Crippen molar-refractivity contribution in [2.45, 2.75) is 142 Å². The third-order valence-electron chi connectivity index (χ3n) is 15.2. The van der Waals surface area contributed by atoms with Crippen LogP contribution in [0.4, 0.5) is 0 Å². The van der Waals surface area contributed by atoms with Crippen LogP contribution in [0.25, 0.3) is 0 Å². The largest absolute Gasteiger partial charge is 0.375 e. The fraction of sp³-hybridized carbons (Fsp3) is 0.944. The summed E-state index contributed by atoms with van der Waals surface area (Å²) in [5.74, 6) is 3.70. The number of fused-ring (bicyclic) bond motifs is 4. The van der Waals surface area contributed by atoms with E-state index in [1.54, 1.807) is 0 Å². The fourth-order valence-electron chi connectivity index (χ4n) is 12.9. The number of hydrogen-bond acceptors (Lipinski definition) is 5. The number of primary amides is 1. The van der Waals surface area contributed by atoms with Crippen molar-refractivity contribution >= 4 is 11.8 Å². The van der Waals surface area contributed by atoms with E-state index in [1.807, 2.05) is 4.90 Å². The Kier molecular flexibility index (Phi) is 6.91. The molecule has 43 heavy (non-hydrogen) atoms. The second-order valence-electron chi connectivity index (χ2n) is 17.3. The standard InChI is InChI=1S/C36H56N2O5.H2/c1-33(2)28-10-9-24-26-19-27-25(8-6-23(42-27)7-11-30(37)39)34(26,3)14-15-35(24)21-36(28,35)13-12-29(33)43-32-20-38(16-17-41-32)31(40)18-22-4-5-22;/h22-29,32H,4-21H2,1-3H3,(H2,37,39);1H/t23?,24?,25?,26?,27?,28?,29-,32?,34?,35-,36?;/m0./s1. The summed E-state index contributed by atoms with van der Waals surface area (Å²) in [7, 11) is 0. The predicted octanol–water partition coefficient (Wildman–Crippen LogP) is 6.07. The van der Waals surface area contributed by atoms with Gasteiger partial charge in [0.25, 0.3) is 0 Å². The first-order valence-electron chi connectivity index (χ1n) is 18.0. The van der Waals surface area contributed by atoms with E-state index in [-0.39, 0.29) is 31.2 Å². The molecule has 0 aromatic rings. The Morgan fingerprint density at radius 3 is 2.56 bits per heavy atom. The van der Waals surface area contributed by atoms with Crippen LogP contribution in [0.1, 0.15) is 119 Å². The summed E-state index contributed by atoms with van der Waals surface area (Å²) in [6, 6.07) is 0. The zero-order valence-electron chi connectivity index (χ0n) is 27.0. The summed E-state index contributed by atoms with van der Waals surface area (Å²) in [4.78, 5) is 26.2. The van der Waals surface area contributed by atoms with Gasteiger partial charge in [-0.15, -0.1) is 0 Å². The number of nitrogens with zero attached hydrogens (tertiary/aromatic N) is 1. The molecular formula is C36H58N2O5. The number of amides is 2. The summed E-state index contributed by atoms with van der Waals surface area (Å²) in [6.45, 7) is 9.49. The molecule has 2 heterocycles. The maximum atomic E-state index is 12.8. The number of hydrogen-bond donors (Lipinski definition) is 1. The van der Waals surface area contributed by atoms with Gasteiger partial charge >= 0.3 is 0 Å². The maximum absolute atomic E-state index is 12.8. The van der Waals surface area contributed by atoms with Crippen LogP contribution >= 0.6 is 0 Å². The lowest BCUT2D eigenvalue weighted by atomic mass is 9.46. The molecule has 7 nitrogen and oxygen atoms in total. The van der Waals surface area contributed by atoms with E-state index < -0.39 is 0 Å². The molecule has 6 aliphatic carbocycles. The molecule has 6 saturated carbocycles. The SMILES string of the molecule is CC12CC[C@@]34CC35CC[C@H](OC3CN(C(=O)CC6CC6)CCO3)C(C)(C)C5CCC4C1CC1OC(CCC(N)=O)CCC12.[HH]. The van der Waals surface area contributed by atoms with Crippen molar-refractivity contribution < 1.29 is 25.2 Å². The molecule has 0 aromatic heterocycles. The second-order valence-corrected chi connectivity index (χ2v) is 17.3. The van der Waals surface area contributed by atoms with Crippen LogP contribution in [0.5, 0.6) is 0 Å². The molecule has 7 heteroatoms. The van der Waals surface area contributed by atoms with Crippen LogP contribution in [0.2, 0.25) is 0 Å². The van der Waals surface area contributed by atoms with Gasteiger partial charge in [0.1, 0.15) is 0 Å². The van der Waals surface area contributed by atoms with Crippen molar-refractivity contribution in [2.24, 2.45) is 57.0 Å². The van der Waals surface area contributed by atoms with Gasteiger partial charge < -0.3 is 24.8 Å². The molecule has 8 rings (SSSR count). The zero-order valence-corrected chi connectivity index (χ0v) is 27.0. The van der Waals surface area contributed by atoms with Gasteiger partial charge in [-0.3, -0.25) is 9.59 Å². The lowest BCUT2D eigenvalue weighted by molar-refractivity contribution is -0.244. The summed E-state index contributed by atoms with van der Waals surface area (Å²) in [6.07, 6.45) is 17.7. The van der Waals surface area contributed by atoms with E-state index in [4.69, 9.17) is 19.9 Å². The summed E-state index contributed by atoms with van der Waals surface area (Å²) < 4.78 is 19.7. The van der Waals surface area contributed by atoms with Crippen molar-refractivity contribution in [2.75, 3.05) is 19.7 Å². The van der Waals surface area contributed by atoms with E-state index in [0.29, 0.717) is 78.5 Å². The van der Waals surface area contributed by atoms with E-state index in [9.17, 15) is 9.59 Å². The molecule has 2 amide bonds. The Morgan fingerprint density at radius 1 is 0.953 bits per heavy atom. The highest BCUT2D eigenvalue weighted by Gasteiger charge is 2.80. The number of rotatable bonds is 7. The van der Waals surface area contributed by atoms with Crippen molar-refractivity contribution in [1.29, 1.82) is 0 Å². The molecule has 2 saturated heterocycles. The van der Waals surface area contributed by atoms with Gasteiger partial charge in [-0.25, -0.2) is 0 Å². The minimum Gasteiger partial charge on any atom is -0.375 e. The smallest absolute Gasteiger partial charge is 0.223 e. The lowest BCUT2D eigenvalue weighted by Crippen LogP contribution is -2.56. The van der Waals surface area contributed by atoms with Gasteiger partial charge in [0.05, 0.1) is 31.5 Å². The fourth-order valence-corrected chi connectivity index (χ4v) is 12.9. The molecule has 0 bridgehead atoms. The molecule has 0 radical (unpaired) electrons. The summed E-state index contributed by atoms with van der Waals surface area (Å²) >= 11 is 0. The Labute approximate surface area is 260 Å². The Hall–Kier alpha value is -1.18. The molecule has 242 valence electrons. The minimum atomic E-state index is -0.288. The molecule has 11 atom stereocenters. The highest BCUT2D eigenvalue weighted by molar-refractivity contribution is 5.76. The predicted molar refractivity (Wildman–Crippen MR) is 165 cm³/mol. The van der Waals surface area contributed by atoms with Crippen LogP contribution in [0.15, 0.2) is 0 Å². The van der Waals surface area contributed by atoms with Gasteiger partial charge in [0.15, 0.2) is 6.29 Å². The lowest BCUT2D eigenvalue weighted by Gasteiger charge is -2.60. The van der Waals surface area contributed by atoms with Crippen LogP contribution in [0, 0.1) is 51.2 Å². The highest BCUT2D eigenvalue weighted by Crippen LogP contribution is 2.87. The maximum Gasteiger partial charge on any atom is 0.223 e. The number of morpholine rings is 1. The van der Waals surface area contributed by atoms with E-state index in [0.717, 1.165) is 31.1 Å². The Bertz CT molecular complexity index is 1150. The third-order valence-corrected chi connectivity index (χ3v) is 15.2. The first-order chi connectivity index (χ1) is 20.6. The van der Waals surface area contributed by atoms with Crippen molar-refractivity contribution in [3.05, 3.63) is 0 Å². The van der Waals surface area contributed by atoms with Gasteiger partial charge in [-0.05, 0) is 135 Å². The highest BCUT2D eigenvalue weighted by atomic mass is 16.7. The first kappa shape index (κ1) is 29.2. The second kappa shape index (κ2) is 10.2. The van der Waals surface area contributed by atoms with Crippen molar-refractivity contribution in [3.8, 4) is 0 Å². The molecule has 9 unspecified atom stereocenters. The topological polar surface area (TPSA) is 91.1 Å². The zero-order chi connectivity index (χ0) is 29.8. The van der Waals surface area contributed by atoms with Crippen LogP contribution in [-0.2, 0) is 23.8 Å². The summed E-state index contributed by atoms with van der Waals surface area (Å²) in [5, 5.41) is 0. The van der Waals surface area contributed by atoms with Crippen LogP contribution in [0.3, 0.4) is 0 Å². The third kappa shape index (κ3) is 4.51. The molecule has 8 aliphatic rings. The Balaban J connectivity index is 0.00000312. The van der Waals surface area contributed by atoms with Gasteiger partial charge in [0.2, 0.25) is 11.8 Å². The van der Waals surface area contributed by atoms with E-state index in [2.05, 4.69) is 20.8 Å². The molecule has 2 aliphatic heterocycles. The van der Waals surface area contributed by atoms with Crippen molar-refractivity contribution in [3.63, 3.8) is 0 Å². The van der Waals surface area contributed by atoms with Crippen LogP contribution in [-0.4, -0.2) is 61.0 Å². The normalized spacial score (nSPS) is 49.6. The van der Waals surface area contributed by atoms with Gasteiger partial charge in [-0.2, -0.15) is 0 Å². The number of nitrogens with two attached hydrogens (primary N) is 1. The van der Waals surface area contributed by atoms with Gasteiger partial charge in [0, 0.05) is 20.8 Å². The van der Waals surface area contributed by atoms with Crippen molar-refractivity contribution in [1.82, 2.24) is 4.90 Å². The average Bonchev–Trinajstić information content (AvgIpc) is 3.89. The van der Waals surface area contributed by atoms with E-state index in [1.165, 1.54) is 64.2 Å². The number of carbonyl (C=O) groups excluding carboxylic acids is 2. The molecule has 8 fully saturated rings.